The minimum Gasteiger partial charge on any atom is -0.378 e. The van der Waals surface area contributed by atoms with Gasteiger partial charge in [0.05, 0.1) is 30.8 Å². The fraction of sp³-hybridized carbons (Fsp3) is 0.500. The lowest BCUT2D eigenvalue weighted by Crippen LogP contribution is -2.49. The van der Waals surface area contributed by atoms with Crippen LogP contribution in [-0.4, -0.2) is 61.0 Å². The summed E-state index contributed by atoms with van der Waals surface area (Å²) in [5.74, 6) is -0.117. The maximum atomic E-state index is 12.7. The molecule has 0 aromatic heterocycles. The molecule has 2 saturated heterocycles. The van der Waals surface area contributed by atoms with Gasteiger partial charge in [0.15, 0.2) is 0 Å². The Hall–Kier alpha value is -2.39. The molecule has 0 saturated carbocycles. The van der Waals surface area contributed by atoms with Crippen molar-refractivity contribution in [2.75, 3.05) is 39.4 Å². The average Bonchev–Trinajstić information content (AvgIpc) is 2.67. The molecular weight excluding hydrogens is 306 g/mol. The van der Waals surface area contributed by atoms with Crippen LogP contribution >= 0.6 is 0 Å². The highest BCUT2D eigenvalue weighted by atomic mass is 16.5. The Morgan fingerprint density at radius 3 is 2.71 bits per heavy atom. The van der Waals surface area contributed by atoms with E-state index in [1.54, 1.807) is 29.2 Å². The van der Waals surface area contributed by atoms with Crippen molar-refractivity contribution in [1.82, 2.24) is 9.80 Å². The zero-order chi connectivity index (χ0) is 16.9. The highest BCUT2D eigenvalue weighted by Gasteiger charge is 2.32. The number of nitriles is 1. The summed E-state index contributed by atoms with van der Waals surface area (Å²) in [5, 5.41) is 8.98. The van der Waals surface area contributed by atoms with Crippen molar-refractivity contribution in [3.63, 3.8) is 0 Å². The molecule has 6 nitrogen and oxygen atoms in total. The third-order valence-electron chi connectivity index (χ3n) is 4.62. The Labute approximate surface area is 141 Å². The Balaban J connectivity index is 1.67. The maximum absolute atomic E-state index is 12.7. The predicted molar refractivity (Wildman–Crippen MR) is 87.2 cm³/mol. The van der Waals surface area contributed by atoms with Crippen LogP contribution in [0.5, 0.6) is 0 Å². The van der Waals surface area contributed by atoms with E-state index < -0.39 is 0 Å². The molecule has 2 aliphatic heterocycles. The van der Waals surface area contributed by atoms with E-state index in [1.807, 2.05) is 4.90 Å². The minimum absolute atomic E-state index is 0.105. The van der Waals surface area contributed by atoms with Crippen molar-refractivity contribution in [2.24, 2.45) is 5.92 Å². The number of carbonyl (C=O) groups excluding carboxylic acids is 2. The summed E-state index contributed by atoms with van der Waals surface area (Å²) >= 11 is 0. The van der Waals surface area contributed by atoms with Gasteiger partial charge in [-0.05, 0) is 31.0 Å². The lowest BCUT2D eigenvalue weighted by molar-refractivity contribution is -0.141. The van der Waals surface area contributed by atoms with Crippen LogP contribution in [0, 0.1) is 17.2 Å². The summed E-state index contributed by atoms with van der Waals surface area (Å²) in [6.45, 7) is 3.54. The molecular formula is C18H21N3O3. The molecule has 0 bridgehead atoms. The number of morpholine rings is 1. The first-order valence-corrected chi connectivity index (χ1v) is 8.35. The van der Waals surface area contributed by atoms with Gasteiger partial charge in [0.25, 0.3) is 5.91 Å². The first-order chi connectivity index (χ1) is 11.7. The molecule has 2 fully saturated rings. The SMILES string of the molecule is N#Cc1cccc(C(=O)N2CCCC(C(=O)N3CCOCC3)C2)c1. The van der Waals surface area contributed by atoms with Crippen molar-refractivity contribution >= 4 is 11.8 Å². The van der Waals surface area contributed by atoms with Crippen LogP contribution in [0.1, 0.15) is 28.8 Å². The summed E-state index contributed by atoms with van der Waals surface area (Å²) in [4.78, 5) is 28.9. The molecule has 1 unspecified atom stereocenters. The fourth-order valence-electron chi connectivity index (χ4n) is 3.31. The minimum atomic E-state index is -0.139. The Kier molecular flexibility index (Phi) is 5.11. The first kappa shape index (κ1) is 16.5. The van der Waals surface area contributed by atoms with Crippen LogP contribution < -0.4 is 0 Å². The summed E-state index contributed by atoms with van der Waals surface area (Å²) < 4.78 is 5.29. The van der Waals surface area contributed by atoms with E-state index in [0.29, 0.717) is 50.5 Å². The predicted octanol–water partition coefficient (Wildman–Crippen LogP) is 1.27. The van der Waals surface area contributed by atoms with Gasteiger partial charge in [-0.15, -0.1) is 0 Å². The number of hydrogen-bond acceptors (Lipinski definition) is 4. The molecule has 2 aliphatic rings. The maximum Gasteiger partial charge on any atom is 0.253 e. The van der Waals surface area contributed by atoms with Crippen molar-refractivity contribution < 1.29 is 14.3 Å². The molecule has 1 atom stereocenters. The second kappa shape index (κ2) is 7.45. The van der Waals surface area contributed by atoms with Crippen molar-refractivity contribution in [3.05, 3.63) is 35.4 Å². The number of carbonyl (C=O) groups is 2. The number of hydrogen-bond donors (Lipinski definition) is 0. The lowest BCUT2D eigenvalue weighted by atomic mass is 9.95. The number of nitrogens with zero attached hydrogens (tertiary/aromatic N) is 3. The quantitative estimate of drug-likeness (QED) is 0.820. The van der Waals surface area contributed by atoms with E-state index >= 15 is 0 Å². The molecule has 2 heterocycles. The summed E-state index contributed by atoms with van der Waals surface area (Å²) in [6, 6.07) is 8.77. The van der Waals surface area contributed by atoms with Gasteiger partial charge in [-0.2, -0.15) is 5.26 Å². The topological polar surface area (TPSA) is 73.6 Å². The summed E-state index contributed by atoms with van der Waals surface area (Å²) in [6.07, 6.45) is 1.64. The molecule has 3 rings (SSSR count). The van der Waals surface area contributed by atoms with E-state index in [-0.39, 0.29) is 17.7 Å². The number of amides is 2. The van der Waals surface area contributed by atoms with E-state index in [2.05, 4.69) is 6.07 Å². The highest BCUT2D eigenvalue weighted by molar-refractivity contribution is 5.95. The first-order valence-electron chi connectivity index (χ1n) is 8.35. The van der Waals surface area contributed by atoms with Gasteiger partial charge in [-0.25, -0.2) is 0 Å². The van der Waals surface area contributed by atoms with Crippen LogP contribution in [0.3, 0.4) is 0 Å². The second-order valence-corrected chi connectivity index (χ2v) is 6.22. The van der Waals surface area contributed by atoms with Gasteiger partial charge in [0.2, 0.25) is 5.91 Å². The van der Waals surface area contributed by atoms with Gasteiger partial charge in [0.1, 0.15) is 0 Å². The van der Waals surface area contributed by atoms with Gasteiger partial charge in [-0.3, -0.25) is 9.59 Å². The monoisotopic (exact) mass is 327 g/mol. The van der Waals surface area contributed by atoms with Gasteiger partial charge >= 0.3 is 0 Å². The molecule has 2 amide bonds. The number of piperidine rings is 1. The van der Waals surface area contributed by atoms with Crippen LogP contribution in [0.4, 0.5) is 0 Å². The zero-order valence-electron chi connectivity index (χ0n) is 13.6. The highest BCUT2D eigenvalue weighted by Crippen LogP contribution is 2.21. The van der Waals surface area contributed by atoms with E-state index in [9.17, 15) is 9.59 Å². The summed E-state index contributed by atoms with van der Waals surface area (Å²) in [5.41, 5.74) is 0.979. The van der Waals surface area contributed by atoms with Crippen LogP contribution in [0.15, 0.2) is 24.3 Å². The lowest BCUT2D eigenvalue weighted by Gasteiger charge is -2.36. The average molecular weight is 327 g/mol. The van der Waals surface area contributed by atoms with Crippen molar-refractivity contribution in [1.29, 1.82) is 5.26 Å². The summed E-state index contributed by atoms with van der Waals surface area (Å²) in [7, 11) is 0. The molecule has 0 N–H and O–H groups in total. The third-order valence-corrected chi connectivity index (χ3v) is 4.62. The Morgan fingerprint density at radius 1 is 1.17 bits per heavy atom. The molecule has 1 aromatic carbocycles. The largest absolute Gasteiger partial charge is 0.378 e. The number of likely N-dealkylation sites (tertiary alicyclic amines) is 1. The molecule has 6 heteroatoms. The molecule has 24 heavy (non-hydrogen) atoms. The number of benzene rings is 1. The van der Waals surface area contributed by atoms with Crippen LogP contribution in [0.25, 0.3) is 0 Å². The van der Waals surface area contributed by atoms with Gasteiger partial charge < -0.3 is 14.5 Å². The Morgan fingerprint density at radius 2 is 1.96 bits per heavy atom. The Bertz CT molecular complexity index is 662. The van der Waals surface area contributed by atoms with Gasteiger partial charge in [0, 0.05) is 31.7 Å². The number of ether oxygens (including phenoxy) is 1. The molecule has 0 radical (unpaired) electrons. The van der Waals surface area contributed by atoms with Gasteiger partial charge in [-0.1, -0.05) is 6.07 Å². The standard InChI is InChI=1S/C18H21N3O3/c19-12-14-3-1-4-15(11-14)17(22)21-6-2-5-16(13-21)18(23)20-7-9-24-10-8-20/h1,3-4,11,16H,2,5-10,13H2. The smallest absolute Gasteiger partial charge is 0.253 e. The van der Waals surface area contributed by atoms with Crippen molar-refractivity contribution in [3.8, 4) is 6.07 Å². The third kappa shape index (κ3) is 3.57. The molecule has 0 spiro atoms. The zero-order valence-corrected chi connectivity index (χ0v) is 13.6. The van der Waals surface area contributed by atoms with Crippen molar-refractivity contribution in [2.45, 2.75) is 12.8 Å². The van der Waals surface area contributed by atoms with Crippen LogP contribution in [-0.2, 0) is 9.53 Å². The molecule has 0 aliphatic carbocycles. The van der Waals surface area contributed by atoms with E-state index in [0.717, 1.165) is 12.8 Å². The van der Waals surface area contributed by atoms with E-state index in [4.69, 9.17) is 10.00 Å². The second-order valence-electron chi connectivity index (χ2n) is 6.22. The van der Waals surface area contributed by atoms with Crippen LogP contribution in [0.2, 0.25) is 0 Å². The van der Waals surface area contributed by atoms with E-state index in [1.165, 1.54) is 0 Å². The fourth-order valence-corrected chi connectivity index (χ4v) is 3.31. The molecule has 1 aromatic rings. The number of rotatable bonds is 2. The molecule has 126 valence electrons. The normalized spacial score (nSPS) is 21.2.